The third-order valence-electron chi connectivity index (χ3n) is 6.84. The number of rotatable bonds is 10. The summed E-state index contributed by atoms with van der Waals surface area (Å²) in [5, 5.41) is 1.55. The topological polar surface area (TPSA) is 3.24 Å². The Morgan fingerprint density at radius 3 is 1.39 bits per heavy atom. The van der Waals surface area contributed by atoms with Gasteiger partial charge < -0.3 is 0 Å². The van der Waals surface area contributed by atoms with Crippen molar-refractivity contribution in [2.45, 2.75) is 38.1 Å². The maximum absolute atomic E-state index is 2.66. The molecule has 1 nitrogen and oxygen atoms in total. The molecule has 0 saturated heterocycles. The van der Waals surface area contributed by atoms with E-state index in [1.54, 1.807) is 5.19 Å². The van der Waals surface area contributed by atoms with Crippen molar-refractivity contribution in [2.24, 2.45) is 0 Å². The molecule has 2 heteroatoms. The number of benzene rings is 4. The molecule has 33 heavy (non-hydrogen) atoms. The van der Waals surface area contributed by atoms with E-state index in [0.717, 1.165) is 26.1 Å². The van der Waals surface area contributed by atoms with Crippen LogP contribution in [0, 0.1) is 0 Å². The molecule has 0 heterocycles. The molecule has 0 radical (unpaired) electrons. The third kappa shape index (κ3) is 6.53. The average Bonchev–Trinajstić information content (AvgIpc) is 2.86. The lowest BCUT2D eigenvalue weighted by Gasteiger charge is -2.37. The Morgan fingerprint density at radius 1 is 0.545 bits per heavy atom. The van der Waals surface area contributed by atoms with Crippen LogP contribution < -0.4 is 5.19 Å². The molecule has 0 N–H and O–H groups in total. The molecular formula is C31H35NSi. The van der Waals surface area contributed by atoms with Gasteiger partial charge in [0.1, 0.15) is 0 Å². The molecule has 0 aromatic heterocycles. The summed E-state index contributed by atoms with van der Waals surface area (Å²) in [6.45, 7) is 8.14. The summed E-state index contributed by atoms with van der Waals surface area (Å²) in [7, 11) is -1.73. The second-order valence-corrected chi connectivity index (χ2v) is 14.5. The first-order valence-corrected chi connectivity index (χ1v) is 15.1. The summed E-state index contributed by atoms with van der Waals surface area (Å²) in [6.07, 6.45) is 1.12. The minimum Gasteiger partial charge on any atom is -0.295 e. The van der Waals surface area contributed by atoms with Gasteiger partial charge in [-0.2, -0.15) is 0 Å². The van der Waals surface area contributed by atoms with Crippen molar-refractivity contribution >= 4 is 13.3 Å². The standard InChI is InChI=1S/C31H35NSi/c1-33(2,30-21-13-6-14-22-30)31(23-27-15-7-3-8-16-27)26-32(24-28-17-9-4-10-18-28)25-29-19-11-5-12-20-29/h3-22,31H,23-26H2,1-2H3. The SMILES string of the molecule is C[Si](C)(c1ccccc1)C(Cc1ccccc1)CN(Cc1ccccc1)Cc1ccccc1. The van der Waals surface area contributed by atoms with Crippen molar-refractivity contribution in [3.63, 3.8) is 0 Å². The molecule has 1 unspecified atom stereocenters. The van der Waals surface area contributed by atoms with Gasteiger partial charge in [0.05, 0.1) is 8.07 Å². The van der Waals surface area contributed by atoms with Crippen LogP contribution in [-0.2, 0) is 19.5 Å². The average molecular weight is 450 g/mol. The minimum absolute atomic E-state index is 0.606. The third-order valence-corrected chi connectivity index (χ3v) is 11.1. The Kier molecular flexibility index (Phi) is 7.93. The fourth-order valence-electron chi connectivity index (χ4n) is 4.73. The van der Waals surface area contributed by atoms with Gasteiger partial charge >= 0.3 is 0 Å². The largest absolute Gasteiger partial charge is 0.295 e. The molecule has 0 aliphatic heterocycles. The number of hydrogen-bond donors (Lipinski definition) is 0. The van der Waals surface area contributed by atoms with Crippen LogP contribution in [0.1, 0.15) is 16.7 Å². The summed E-state index contributed by atoms with van der Waals surface area (Å²) >= 11 is 0. The van der Waals surface area contributed by atoms with Crippen LogP contribution in [0.5, 0.6) is 0 Å². The molecule has 4 aromatic carbocycles. The Bertz CT molecular complexity index is 1040. The fourth-order valence-corrected chi connectivity index (χ4v) is 7.71. The molecule has 0 bridgehead atoms. The quantitative estimate of drug-likeness (QED) is 0.238. The van der Waals surface area contributed by atoms with Gasteiger partial charge in [0.15, 0.2) is 0 Å². The lowest BCUT2D eigenvalue weighted by atomic mass is 10.1. The summed E-state index contributed by atoms with van der Waals surface area (Å²) in [6, 6.07) is 44.1. The predicted molar refractivity (Wildman–Crippen MR) is 144 cm³/mol. The minimum atomic E-state index is -1.73. The van der Waals surface area contributed by atoms with E-state index >= 15 is 0 Å². The van der Waals surface area contributed by atoms with Crippen LogP contribution in [0.15, 0.2) is 121 Å². The van der Waals surface area contributed by atoms with Crippen molar-refractivity contribution in [3.8, 4) is 0 Å². The smallest absolute Gasteiger partial charge is 0.0852 e. The van der Waals surface area contributed by atoms with Crippen molar-refractivity contribution < 1.29 is 0 Å². The Hall–Kier alpha value is -2.94. The van der Waals surface area contributed by atoms with E-state index in [4.69, 9.17) is 0 Å². The molecule has 0 spiro atoms. The summed E-state index contributed by atoms with van der Waals surface area (Å²) in [5.74, 6) is 0. The van der Waals surface area contributed by atoms with Crippen molar-refractivity contribution in [1.29, 1.82) is 0 Å². The van der Waals surface area contributed by atoms with Crippen LogP contribution in [-0.4, -0.2) is 19.5 Å². The maximum Gasteiger partial charge on any atom is 0.0852 e. The van der Waals surface area contributed by atoms with Gasteiger partial charge in [0, 0.05) is 13.1 Å². The lowest BCUT2D eigenvalue weighted by Crippen LogP contribution is -2.50. The molecule has 0 fully saturated rings. The number of hydrogen-bond acceptors (Lipinski definition) is 1. The van der Waals surface area contributed by atoms with E-state index in [1.807, 2.05) is 0 Å². The molecule has 4 rings (SSSR count). The van der Waals surface area contributed by atoms with Gasteiger partial charge in [-0.05, 0) is 35.2 Å². The normalized spacial score (nSPS) is 12.6. The van der Waals surface area contributed by atoms with Crippen LogP contribution in [0.25, 0.3) is 0 Å². The van der Waals surface area contributed by atoms with Crippen LogP contribution in [0.2, 0.25) is 18.6 Å². The monoisotopic (exact) mass is 449 g/mol. The molecule has 0 aliphatic carbocycles. The van der Waals surface area contributed by atoms with E-state index in [2.05, 4.69) is 139 Å². The van der Waals surface area contributed by atoms with Crippen molar-refractivity contribution in [1.82, 2.24) is 4.90 Å². The van der Waals surface area contributed by atoms with Gasteiger partial charge in [-0.25, -0.2) is 0 Å². The van der Waals surface area contributed by atoms with Crippen molar-refractivity contribution in [3.05, 3.63) is 138 Å². The second-order valence-electron chi connectivity index (χ2n) is 9.62. The summed E-state index contributed by atoms with van der Waals surface area (Å²) in [4.78, 5) is 2.66. The molecule has 4 aromatic rings. The molecular weight excluding hydrogens is 414 g/mol. The Labute approximate surface area is 200 Å². The summed E-state index contributed by atoms with van der Waals surface area (Å²) in [5.41, 5.74) is 4.81. The summed E-state index contributed by atoms with van der Waals surface area (Å²) < 4.78 is 0. The van der Waals surface area contributed by atoms with E-state index in [9.17, 15) is 0 Å². The zero-order valence-electron chi connectivity index (χ0n) is 19.9. The molecule has 168 valence electrons. The lowest BCUT2D eigenvalue weighted by molar-refractivity contribution is 0.252. The highest BCUT2D eigenvalue weighted by Gasteiger charge is 2.34. The maximum atomic E-state index is 2.66. The van der Waals surface area contributed by atoms with Crippen LogP contribution in [0.3, 0.4) is 0 Å². The first kappa shape index (κ1) is 23.2. The Morgan fingerprint density at radius 2 is 0.939 bits per heavy atom. The molecule has 0 saturated carbocycles. The molecule has 0 aliphatic rings. The van der Waals surface area contributed by atoms with Gasteiger partial charge in [0.2, 0.25) is 0 Å². The number of nitrogens with zero attached hydrogens (tertiary/aromatic N) is 1. The highest BCUT2D eigenvalue weighted by Crippen LogP contribution is 2.29. The van der Waals surface area contributed by atoms with E-state index < -0.39 is 8.07 Å². The van der Waals surface area contributed by atoms with Gasteiger partial charge in [0.25, 0.3) is 0 Å². The fraction of sp³-hybridized carbons (Fsp3) is 0.226. The molecule has 1 atom stereocenters. The predicted octanol–water partition coefficient (Wildman–Crippen LogP) is 6.92. The molecule has 0 amide bonds. The second kappa shape index (κ2) is 11.3. The van der Waals surface area contributed by atoms with Gasteiger partial charge in [-0.15, -0.1) is 0 Å². The zero-order chi connectivity index (χ0) is 22.9. The zero-order valence-corrected chi connectivity index (χ0v) is 20.9. The first-order valence-electron chi connectivity index (χ1n) is 12.0. The van der Waals surface area contributed by atoms with Crippen molar-refractivity contribution in [2.75, 3.05) is 6.54 Å². The first-order chi connectivity index (χ1) is 16.1. The van der Waals surface area contributed by atoms with Crippen LogP contribution in [0.4, 0.5) is 0 Å². The van der Waals surface area contributed by atoms with Crippen LogP contribution >= 0.6 is 0 Å². The van der Waals surface area contributed by atoms with Gasteiger partial charge in [-0.3, -0.25) is 4.90 Å². The highest BCUT2D eigenvalue weighted by molar-refractivity contribution is 6.91. The highest BCUT2D eigenvalue weighted by atomic mass is 28.3. The van der Waals surface area contributed by atoms with Gasteiger partial charge in [-0.1, -0.05) is 140 Å². The Balaban J connectivity index is 1.64. The van der Waals surface area contributed by atoms with E-state index in [0.29, 0.717) is 5.54 Å². The van der Waals surface area contributed by atoms with E-state index in [-0.39, 0.29) is 0 Å². The van der Waals surface area contributed by atoms with E-state index in [1.165, 1.54) is 16.7 Å².